The fraction of sp³-hybridized carbons (Fsp3) is 0.300. The molecule has 1 aliphatic heterocycles. The molecule has 0 aromatic heterocycles. The molecule has 0 aliphatic carbocycles. The van der Waals surface area contributed by atoms with Crippen molar-refractivity contribution in [1.29, 1.82) is 0 Å². The van der Waals surface area contributed by atoms with Crippen molar-refractivity contribution < 1.29 is 23.1 Å². The van der Waals surface area contributed by atoms with Crippen LogP contribution in [0.25, 0.3) is 0 Å². The van der Waals surface area contributed by atoms with Crippen LogP contribution in [0.2, 0.25) is 0 Å². The van der Waals surface area contributed by atoms with Crippen molar-refractivity contribution in [3.8, 4) is 0 Å². The third-order valence-corrected chi connectivity index (χ3v) is 4.34. The van der Waals surface area contributed by atoms with Gasteiger partial charge in [-0.05, 0) is 49.6 Å². The number of nitrogens with one attached hydrogen (secondary N) is 2. The molecule has 1 unspecified atom stereocenters. The summed E-state index contributed by atoms with van der Waals surface area (Å²) in [6.07, 6.45) is 1.11. The number of carbonyl (C=O) groups is 2. The minimum atomic E-state index is -0.636. The molecule has 0 bridgehead atoms. The summed E-state index contributed by atoms with van der Waals surface area (Å²) in [5.74, 6) is -1.90. The second kappa shape index (κ2) is 8.73. The Bertz CT molecular complexity index is 815. The van der Waals surface area contributed by atoms with Crippen molar-refractivity contribution in [2.24, 2.45) is 0 Å². The van der Waals surface area contributed by atoms with Gasteiger partial charge in [0.05, 0.1) is 0 Å². The third-order valence-electron chi connectivity index (χ3n) is 4.34. The molecular formula is C20H20F2N2O3. The van der Waals surface area contributed by atoms with Crippen LogP contribution in [0.1, 0.15) is 28.8 Å². The number of anilines is 1. The summed E-state index contributed by atoms with van der Waals surface area (Å²) in [5, 5.41) is 5.36. The number of amides is 2. The van der Waals surface area contributed by atoms with E-state index in [1.807, 2.05) is 0 Å². The number of benzene rings is 2. The smallest absolute Gasteiger partial charge is 0.253 e. The SMILES string of the molecule is O=C(NCCc1c(F)cccc1F)c1cccc(NC(=O)C2CCCO2)c1. The van der Waals surface area contributed by atoms with E-state index >= 15 is 0 Å². The molecule has 2 aromatic carbocycles. The number of halogens is 2. The Labute approximate surface area is 155 Å². The van der Waals surface area contributed by atoms with Gasteiger partial charge in [-0.3, -0.25) is 9.59 Å². The van der Waals surface area contributed by atoms with E-state index in [9.17, 15) is 18.4 Å². The van der Waals surface area contributed by atoms with E-state index < -0.39 is 17.7 Å². The summed E-state index contributed by atoms with van der Waals surface area (Å²) in [6, 6.07) is 10.1. The van der Waals surface area contributed by atoms with E-state index in [0.29, 0.717) is 24.3 Å². The lowest BCUT2D eigenvalue weighted by molar-refractivity contribution is -0.124. The maximum atomic E-state index is 13.6. The Balaban J connectivity index is 1.56. The van der Waals surface area contributed by atoms with Crippen molar-refractivity contribution >= 4 is 17.5 Å². The summed E-state index contributed by atoms with van der Waals surface area (Å²) in [5.41, 5.74) is 0.771. The minimum absolute atomic E-state index is 0.0414. The normalized spacial score (nSPS) is 16.1. The van der Waals surface area contributed by atoms with E-state index in [0.717, 1.165) is 6.42 Å². The first kappa shape index (κ1) is 19.0. The summed E-state index contributed by atoms with van der Waals surface area (Å²) in [7, 11) is 0. The average molecular weight is 374 g/mol. The molecule has 2 amide bonds. The molecule has 1 atom stereocenters. The molecule has 2 N–H and O–H groups in total. The van der Waals surface area contributed by atoms with Crippen LogP contribution < -0.4 is 10.6 Å². The third kappa shape index (κ3) is 4.89. The van der Waals surface area contributed by atoms with E-state index in [1.54, 1.807) is 24.3 Å². The highest BCUT2D eigenvalue weighted by atomic mass is 19.1. The Hall–Kier alpha value is -2.80. The maximum absolute atomic E-state index is 13.6. The van der Waals surface area contributed by atoms with Gasteiger partial charge in [-0.2, -0.15) is 0 Å². The van der Waals surface area contributed by atoms with Crippen LogP contribution >= 0.6 is 0 Å². The topological polar surface area (TPSA) is 67.4 Å². The number of hydrogen-bond acceptors (Lipinski definition) is 3. The lowest BCUT2D eigenvalue weighted by atomic mass is 10.1. The Morgan fingerprint density at radius 3 is 2.56 bits per heavy atom. The molecule has 0 radical (unpaired) electrons. The molecule has 0 saturated carbocycles. The van der Waals surface area contributed by atoms with Crippen LogP contribution in [0.5, 0.6) is 0 Å². The number of rotatable bonds is 6. The predicted molar refractivity (Wildman–Crippen MR) is 96.4 cm³/mol. The van der Waals surface area contributed by atoms with Gasteiger partial charge in [-0.1, -0.05) is 12.1 Å². The van der Waals surface area contributed by atoms with E-state index in [-0.39, 0.29) is 30.3 Å². The highest BCUT2D eigenvalue weighted by Gasteiger charge is 2.23. The van der Waals surface area contributed by atoms with Crippen LogP contribution in [0.3, 0.4) is 0 Å². The average Bonchev–Trinajstić information content (AvgIpc) is 3.19. The van der Waals surface area contributed by atoms with Gasteiger partial charge in [-0.25, -0.2) is 8.78 Å². The van der Waals surface area contributed by atoms with E-state index in [2.05, 4.69) is 10.6 Å². The molecule has 2 aromatic rings. The van der Waals surface area contributed by atoms with Crippen molar-refractivity contribution in [2.45, 2.75) is 25.4 Å². The molecular weight excluding hydrogens is 354 g/mol. The lowest BCUT2D eigenvalue weighted by Crippen LogP contribution is -2.28. The number of ether oxygens (including phenoxy) is 1. The van der Waals surface area contributed by atoms with Gasteiger partial charge in [-0.15, -0.1) is 0 Å². The van der Waals surface area contributed by atoms with Crippen molar-refractivity contribution in [3.63, 3.8) is 0 Å². The van der Waals surface area contributed by atoms with Gasteiger partial charge in [0.1, 0.15) is 17.7 Å². The van der Waals surface area contributed by atoms with E-state index in [1.165, 1.54) is 18.2 Å². The van der Waals surface area contributed by atoms with Gasteiger partial charge in [0.15, 0.2) is 0 Å². The lowest BCUT2D eigenvalue weighted by Gasteiger charge is -2.11. The van der Waals surface area contributed by atoms with Gasteiger partial charge >= 0.3 is 0 Å². The van der Waals surface area contributed by atoms with Gasteiger partial charge < -0.3 is 15.4 Å². The second-order valence-corrected chi connectivity index (χ2v) is 6.28. The van der Waals surface area contributed by atoms with Crippen LogP contribution in [-0.2, 0) is 16.0 Å². The van der Waals surface area contributed by atoms with Crippen LogP contribution in [0.15, 0.2) is 42.5 Å². The maximum Gasteiger partial charge on any atom is 0.253 e. The fourth-order valence-corrected chi connectivity index (χ4v) is 2.92. The highest BCUT2D eigenvalue weighted by Crippen LogP contribution is 2.16. The zero-order valence-electron chi connectivity index (χ0n) is 14.6. The van der Waals surface area contributed by atoms with E-state index in [4.69, 9.17) is 4.74 Å². The summed E-state index contributed by atoms with van der Waals surface area (Å²) in [6.45, 7) is 0.659. The van der Waals surface area contributed by atoms with Gasteiger partial charge in [0.2, 0.25) is 0 Å². The van der Waals surface area contributed by atoms with Crippen LogP contribution in [-0.4, -0.2) is 31.1 Å². The monoisotopic (exact) mass is 374 g/mol. The largest absolute Gasteiger partial charge is 0.368 e. The van der Waals surface area contributed by atoms with Crippen molar-refractivity contribution in [2.75, 3.05) is 18.5 Å². The molecule has 7 heteroatoms. The first-order valence-electron chi connectivity index (χ1n) is 8.78. The highest BCUT2D eigenvalue weighted by molar-refractivity contribution is 5.98. The molecule has 1 heterocycles. The predicted octanol–water partition coefficient (Wildman–Crippen LogP) is 3.05. The minimum Gasteiger partial charge on any atom is -0.368 e. The van der Waals surface area contributed by atoms with Crippen molar-refractivity contribution in [3.05, 3.63) is 65.2 Å². The fourth-order valence-electron chi connectivity index (χ4n) is 2.92. The zero-order valence-corrected chi connectivity index (χ0v) is 14.6. The van der Waals surface area contributed by atoms with Crippen LogP contribution in [0.4, 0.5) is 14.5 Å². The molecule has 0 spiro atoms. The molecule has 27 heavy (non-hydrogen) atoms. The summed E-state index contributed by atoms with van der Waals surface area (Å²) < 4.78 is 32.5. The Kier molecular flexibility index (Phi) is 6.13. The number of carbonyl (C=O) groups excluding carboxylic acids is 2. The summed E-state index contributed by atoms with van der Waals surface area (Å²) in [4.78, 5) is 24.3. The Morgan fingerprint density at radius 1 is 1.11 bits per heavy atom. The van der Waals surface area contributed by atoms with Crippen LogP contribution in [0, 0.1) is 11.6 Å². The van der Waals surface area contributed by atoms with Gasteiger partial charge in [0, 0.05) is 30.0 Å². The Morgan fingerprint density at radius 2 is 1.85 bits per heavy atom. The molecule has 5 nitrogen and oxygen atoms in total. The quantitative estimate of drug-likeness (QED) is 0.817. The number of hydrogen-bond donors (Lipinski definition) is 2. The first-order valence-corrected chi connectivity index (χ1v) is 8.78. The molecule has 1 fully saturated rings. The molecule has 3 rings (SSSR count). The molecule has 1 saturated heterocycles. The standard InChI is InChI=1S/C20H20F2N2O3/c21-16-6-2-7-17(22)15(16)9-10-23-19(25)13-4-1-5-14(12-13)24-20(26)18-8-3-11-27-18/h1-2,4-7,12,18H,3,8-11H2,(H,23,25)(H,24,26). The summed E-state index contributed by atoms with van der Waals surface area (Å²) >= 11 is 0. The molecule has 1 aliphatic rings. The first-order chi connectivity index (χ1) is 13.0. The second-order valence-electron chi connectivity index (χ2n) is 6.28. The zero-order chi connectivity index (χ0) is 19.2. The van der Waals surface area contributed by atoms with Crippen molar-refractivity contribution in [1.82, 2.24) is 5.32 Å². The molecule has 142 valence electrons. The van der Waals surface area contributed by atoms with Gasteiger partial charge in [0.25, 0.3) is 11.8 Å².